The van der Waals surface area contributed by atoms with Crippen molar-refractivity contribution in [1.29, 1.82) is 0 Å². The van der Waals surface area contributed by atoms with E-state index >= 15 is 0 Å². The summed E-state index contributed by atoms with van der Waals surface area (Å²) in [6.45, 7) is 1.26. The van der Waals surface area contributed by atoms with E-state index in [1.165, 1.54) is 6.92 Å². The van der Waals surface area contributed by atoms with Gasteiger partial charge in [-0.2, -0.15) is 8.78 Å². The molecule has 1 aliphatic rings. The summed E-state index contributed by atoms with van der Waals surface area (Å²) in [6.07, 6.45) is 2.38. The van der Waals surface area contributed by atoms with Crippen LogP contribution in [0.1, 0.15) is 43.0 Å². The van der Waals surface area contributed by atoms with Gasteiger partial charge in [-0.15, -0.1) is 0 Å². The van der Waals surface area contributed by atoms with Crippen molar-refractivity contribution in [3.05, 3.63) is 29.8 Å². The highest BCUT2D eigenvalue weighted by atomic mass is 32.2. The maximum absolute atomic E-state index is 12.5. The van der Waals surface area contributed by atoms with Crippen LogP contribution in [0.25, 0.3) is 0 Å². The number of sulfone groups is 1. The van der Waals surface area contributed by atoms with E-state index in [0.717, 1.165) is 49.9 Å². The van der Waals surface area contributed by atoms with Crippen molar-refractivity contribution >= 4 is 27.7 Å². The predicted molar refractivity (Wildman–Crippen MR) is 93.4 cm³/mol. The van der Waals surface area contributed by atoms with Gasteiger partial charge < -0.3 is 10.1 Å². The minimum absolute atomic E-state index is 0.00805. The Morgan fingerprint density at radius 2 is 1.68 bits per heavy atom. The lowest BCUT2D eigenvalue weighted by Gasteiger charge is -2.15. The van der Waals surface area contributed by atoms with Crippen molar-refractivity contribution < 1.29 is 36.3 Å². The lowest BCUT2D eigenvalue weighted by molar-refractivity contribution is -0.127. The van der Waals surface area contributed by atoms with Gasteiger partial charge in [0.1, 0.15) is 0 Å². The minimum Gasteiger partial charge on any atom is -0.449 e. The van der Waals surface area contributed by atoms with E-state index in [2.05, 4.69) is 10.6 Å². The van der Waals surface area contributed by atoms with Crippen molar-refractivity contribution in [3.8, 4) is 0 Å². The summed E-state index contributed by atoms with van der Waals surface area (Å²) >= 11 is 0. The van der Waals surface area contributed by atoms with Gasteiger partial charge in [0, 0.05) is 6.04 Å². The Bertz CT molecular complexity index is 836. The molecule has 0 spiro atoms. The van der Waals surface area contributed by atoms with Crippen LogP contribution in [0.4, 0.5) is 13.6 Å². The maximum Gasteiger partial charge on any atom is 0.341 e. The first-order chi connectivity index (χ1) is 13.1. The van der Waals surface area contributed by atoms with Crippen molar-refractivity contribution in [3.63, 3.8) is 0 Å². The van der Waals surface area contributed by atoms with Gasteiger partial charge >= 0.3 is 17.8 Å². The second kappa shape index (κ2) is 9.09. The molecule has 1 aliphatic carbocycles. The average molecular weight is 418 g/mol. The molecule has 0 aromatic heterocycles. The molecule has 0 bridgehead atoms. The van der Waals surface area contributed by atoms with E-state index in [0.29, 0.717) is 0 Å². The molecule has 0 radical (unpaired) electrons. The third kappa shape index (κ3) is 5.47. The molecule has 0 saturated heterocycles. The van der Waals surface area contributed by atoms with Gasteiger partial charge in [0.05, 0.1) is 10.5 Å². The first-order valence-corrected chi connectivity index (χ1v) is 10.1. The number of alkyl halides is 2. The molecule has 0 heterocycles. The van der Waals surface area contributed by atoms with Crippen molar-refractivity contribution in [2.24, 2.45) is 0 Å². The maximum atomic E-state index is 12.5. The summed E-state index contributed by atoms with van der Waals surface area (Å²) in [7, 11) is -4.77. The number of carbonyl (C=O) groups excluding carboxylic acids is 3. The summed E-state index contributed by atoms with van der Waals surface area (Å²) in [6, 6.07) is 3.01. The number of amides is 3. The third-order valence-electron chi connectivity index (χ3n) is 4.23. The summed E-state index contributed by atoms with van der Waals surface area (Å²) in [5, 5.41) is 4.73. The second-order valence-corrected chi connectivity index (χ2v) is 8.24. The van der Waals surface area contributed by atoms with E-state index in [1.807, 2.05) is 0 Å². The Labute approximate surface area is 160 Å². The predicted octanol–water partition coefficient (Wildman–Crippen LogP) is 2.00. The molecule has 2 N–H and O–H groups in total. The Morgan fingerprint density at radius 1 is 1.11 bits per heavy atom. The number of benzene rings is 1. The van der Waals surface area contributed by atoms with Crippen molar-refractivity contribution in [2.45, 2.75) is 55.4 Å². The summed E-state index contributed by atoms with van der Waals surface area (Å²) in [4.78, 5) is 35.1. The number of imide groups is 1. The summed E-state index contributed by atoms with van der Waals surface area (Å²) in [5.41, 5.74) is -0.136. The first-order valence-electron chi connectivity index (χ1n) is 8.55. The number of hydrogen-bond acceptors (Lipinski definition) is 6. The molecular formula is C17H20F2N2O6S. The van der Waals surface area contributed by atoms with Crippen LogP contribution in [-0.2, 0) is 19.4 Å². The smallest absolute Gasteiger partial charge is 0.341 e. The van der Waals surface area contributed by atoms with Gasteiger partial charge in [-0.3, -0.25) is 10.1 Å². The van der Waals surface area contributed by atoms with Crippen LogP contribution < -0.4 is 10.6 Å². The molecular weight excluding hydrogens is 398 g/mol. The van der Waals surface area contributed by atoms with E-state index < -0.39 is 44.5 Å². The van der Waals surface area contributed by atoms with Crippen molar-refractivity contribution in [1.82, 2.24) is 10.6 Å². The molecule has 3 amide bonds. The molecule has 11 heteroatoms. The van der Waals surface area contributed by atoms with Crippen LogP contribution in [0.2, 0.25) is 0 Å². The van der Waals surface area contributed by atoms with Gasteiger partial charge in [0.2, 0.25) is 9.84 Å². The topological polar surface area (TPSA) is 119 Å². The van der Waals surface area contributed by atoms with Gasteiger partial charge in [-0.25, -0.2) is 18.0 Å². The van der Waals surface area contributed by atoms with Crippen LogP contribution in [0.3, 0.4) is 0 Å². The van der Waals surface area contributed by atoms with Crippen LogP contribution in [0.15, 0.2) is 29.2 Å². The Hall–Kier alpha value is -2.56. The molecule has 1 saturated carbocycles. The Morgan fingerprint density at radius 3 is 2.21 bits per heavy atom. The number of rotatable bonds is 6. The van der Waals surface area contributed by atoms with Gasteiger partial charge in [0.15, 0.2) is 6.10 Å². The number of halogens is 2. The molecule has 0 aliphatic heterocycles. The van der Waals surface area contributed by atoms with Crippen LogP contribution in [0.5, 0.6) is 0 Å². The molecule has 28 heavy (non-hydrogen) atoms. The SMILES string of the molecule is C[C@@H](OC(=O)c1ccc(S(=O)(=O)C(F)F)cc1)C(=O)NC(=O)NC1CCCC1. The third-order valence-corrected chi connectivity index (χ3v) is 5.63. The number of nitrogens with one attached hydrogen (secondary N) is 2. The molecule has 1 fully saturated rings. The number of urea groups is 1. The fraction of sp³-hybridized carbons (Fsp3) is 0.471. The van der Waals surface area contributed by atoms with E-state index in [-0.39, 0.29) is 11.6 Å². The van der Waals surface area contributed by atoms with Crippen LogP contribution >= 0.6 is 0 Å². The summed E-state index contributed by atoms with van der Waals surface area (Å²) in [5.74, 6) is -5.38. The van der Waals surface area contributed by atoms with E-state index in [1.54, 1.807) is 0 Å². The highest BCUT2D eigenvalue weighted by Crippen LogP contribution is 2.19. The normalized spacial score (nSPS) is 15.9. The van der Waals surface area contributed by atoms with E-state index in [4.69, 9.17) is 4.74 Å². The standard InChI is InChI=1S/C17H20F2N2O6S/c1-10(14(22)21-17(24)20-12-4-2-3-5-12)27-15(23)11-6-8-13(9-7-11)28(25,26)16(18)19/h6-10,12,16H,2-5H2,1H3,(H2,20,21,22,24)/t10-/m1/s1. The van der Waals surface area contributed by atoms with Gasteiger partial charge in [-0.1, -0.05) is 12.8 Å². The largest absolute Gasteiger partial charge is 0.449 e. The monoisotopic (exact) mass is 418 g/mol. The Balaban J connectivity index is 1.90. The second-order valence-electron chi connectivity index (χ2n) is 6.32. The zero-order valence-electron chi connectivity index (χ0n) is 15.0. The highest BCUT2D eigenvalue weighted by molar-refractivity contribution is 7.91. The molecule has 0 unspecified atom stereocenters. The fourth-order valence-corrected chi connectivity index (χ4v) is 3.39. The fourth-order valence-electron chi connectivity index (χ4n) is 2.67. The lowest BCUT2D eigenvalue weighted by atomic mass is 10.2. The highest BCUT2D eigenvalue weighted by Gasteiger charge is 2.27. The Kier molecular flexibility index (Phi) is 7.05. The number of hydrogen-bond donors (Lipinski definition) is 2. The summed E-state index contributed by atoms with van der Waals surface area (Å²) < 4.78 is 52.6. The minimum atomic E-state index is -4.77. The molecule has 1 atom stereocenters. The zero-order chi connectivity index (χ0) is 20.9. The van der Waals surface area contributed by atoms with Crippen LogP contribution in [-0.4, -0.2) is 44.2 Å². The van der Waals surface area contributed by atoms with Gasteiger partial charge in [0.25, 0.3) is 5.91 Å². The average Bonchev–Trinajstić information content (AvgIpc) is 3.14. The molecule has 2 rings (SSSR count). The lowest BCUT2D eigenvalue weighted by Crippen LogP contribution is -2.47. The number of carbonyl (C=O) groups is 3. The first kappa shape index (κ1) is 21.7. The zero-order valence-corrected chi connectivity index (χ0v) is 15.8. The van der Waals surface area contributed by atoms with Gasteiger partial charge in [-0.05, 0) is 44.0 Å². The van der Waals surface area contributed by atoms with Crippen molar-refractivity contribution in [2.75, 3.05) is 0 Å². The number of ether oxygens (including phenoxy) is 1. The molecule has 8 nitrogen and oxygen atoms in total. The molecule has 154 valence electrons. The molecule has 1 aromatic carbocycles. The number of esters is 1. The quantitative estimate of drug-likeness (QED) is 0.682. The van der Waals surface area contributed by atoms with E-state index in [9.17, 15) is 31.6 Å². The molecule has 1 aromatic rings. The van der Waals surface area contributed by atoms with Crippen LogP contribution in [0, 0.1) is 0 Å².